The lowest BCUT2D eigenvalue weighted by Crippen LogP contribution is -2.26. The number of sulfone groups is 1. The highest BCUT2D eigenvalue weighted by Crippen LogP contribution is 2.36. The molecule has 0 aromatic heterocycles. The maximum Gasteiger partial charge on any atom is 0.151 e. The molecule has 4 heteroatoms. The van der Waals surface area contributed by atoms with Crippen molar-refractivity contribution >= 4 is 15.4 Å². The van der Waals surface area contributed by atoms with Crippen LogP contribution in [0.25, 0.3) is 5.57 Å². The van der Waals surface area contributed by atoms with Gasteiger partial charge in [-0.15, -0.1) is 0 Å². The Morgan fingerprint density at radius 1 is 1.35 bits per heavy atom. The molecule has 3 nitrogen and oxygen atoms in total. The molecule has 0 N–H and O–H groups in total. The zero-order valence-corrected chi connectivity index (χ0v) is 12.9. The molecule has 1 aromatic carbocycles. The Kier molecular flexibility index (Phi) is 4.53. The monoisotopic (exact) mass is 294 g/mol. The van der Waals surface area contributed by atoms with E-state index in [2.05, 4.69) is 0 Å². The van der Waals surface area contributed by atoms with Crippen molar-refractivity contribution in [1.82, 2.24) is 0 Å². The number of hydrogen-bond acceptors (Lipinski definition) is 3. The summed E-state index contributed by atoms with van der Waals surface area (Å²) in [6.07, 6.45) is 3.30. The lowest BCUT2D eigenvalue weighted by atomic mass is 9.86. The van der Waals surface area contributed by atoms with Gasteiger partial charge in [0.15, 0.2) is 9.84 Å². The minimum Gasteiger partial charge on any atom is -0.500 e. The van der Waals surface area contributed by atoms with Gasteiger partial charge < -0.3 is 4.74 Å². The van der Waals surface area contributed by atoms with E-state index in [1.807, 2.05) is 44.2 Å². The number of benzene rings is 1. The first-order valence-corrected chi connectivity index (χ1v) is 8.83. The maximum atomic E-state index is 11.7. The smallest absolute Gasteiger partial charge is 0.151 e. The highest BCUT2D eigenvalue weighted by Gasteiger charge is 2.41. The predicted molar refractivity (Wildman–Crippen MR) is 82.0 cm³/mol. The lowest BCUT2D eigenvalue weighted by Gasteiger charge is -2.25. The van der Waals surface area contributed by atoms with Crippen molar-refractivity contribution in [2.45, 2.75) is 26.7 Å². The normalized spacial score (nSPS) is 25.6. The second kappa shape index (κ2) is 6.00. The molecular formula is C16H22O3S. The van der Waals surface area contributed by atoms with Crippen LogP contribution in [0.15, 0.2) is 36.6 Å². The van der Waals surface area contributed by atoms with Crippen LogP contribution < -0.4 is 0 Å². The number of hydrogen-bond donors (Lipinski definition) is 0. The molecule has 1 unspecified atom stereocenters. The van der Waals surface area contributed by atoms with Gasteiger partial charge in [-0.05, 0) is 30.9 Å². The summed E-state index contributed by atoms with van der Waals surface area (Å²) in [5.41, 5.74) is 1.97. The summed E-state index contributed by atoms with van der Waals surface area (Å²) in [5, 5.41) is 0. The van der Waals surface area contributed by atoms with Crippen LogP contribution in [-0.4, -0.2) is 26.5 Å². The van der Waals surface area contributed by atoms with Gasteiger partial charge in [-0.3, -0.25) is 0 Å². The van der Waals surface area contributed by atoms with Crippen molar-refractivity contribution in [3.05, 3.63) is 42.2 Å². The third-order valence-electron chi connectivity index (χ3n) is 4.10. The van der Waals surface area contributed by atoms with Gasteiger partial charge in [0.1, 0.15) is 0 Å². The van der Waals surface area contributed by atoms with E-state index in [4.69, 9.17) is 4.74 Å². The van der Waals surface area contributed by atoms with Gasteiger partial charge in [-0.1, -0.05) is 37.3 Å². The van der Waals surface area contributed by atoms with Crippen molar-refractivity contribution in [1.29, 1.82) is 0 Å². The van der Waals surface area contributed by atoms with E-state index in [1.165, 1.54) is 0 Å². The fraction of sp³-hybridized carbons (Fsp3) is 0.500. The van der Waals surface area contributed by atoms with Crippen LogP contribution in [-0.2, 0) is 14.6 Å². The molecule has 2 rings (SSSR count). The summed E-state index contributed by atoms with van der Waals surface area (Å²) in [4.78, 5) is 0. The summed E-state index contributed by atoms with van der Waals surface area (Å²) in [6.45, 7) is 4.52. The molecule has 0 radical (unpaired) electrons. The van der Waals surface area contributed by atoms with Crippen molar-refractivity contribution in [2.24, 2.45) is 5.41 Å². The van der Waals surface area contributed by atoms with E-state index in [1.54, 1.807) is 6.26 Å². The van der Waals surface area contributed by atoms with Gasteiger partial charge in [0.2, 0.25) is 0 Å². The predicted octanol–water partition coefficient (Wildman–Crippen LogP) is 3.28. The van der Waals surface area contributed by atoms with E-state index in [0.717, 1.165) is 17.6 Å². The second-order valence-corrected chi connectivity index (χ2v) is 7.86. The summed E-state index contributed by atoms with van der Waals surface area (Å²) in [6, 6.07) is 10.0. The molecule has 1 atom stereocenters. The van der Waals surface area contributed by atoms with Gasteiger partial charge in [0.25, 0.3) is 0 Å². The van der Waals surface area contributed by atoms with E-state index in [0.29, 0.717) is 18.8 Å². The molecule has 1 aliphatic rings. The Morgan fingerprint density at radius 3 is 2.60 bits per heavy atom. The molecule has 1 saturated heterocycles. The van der Waals surface area contributed by atoms with Crippen LogP contribution >= 0.6 is 0 Å². The van der Waals surface area contributed by atoms with Crippen molar-refractivity contribution in [3.8, 4) is 0 Å². The van der Waals surface area contributed by atoms with E-state index < -0.39 is 9.84 Å². The third-order valence-corrected chi connectivity index (χ3v) is 5.98. The van der Waals surface area contributed by atoms with E-state index in [9.17, 15) is 8.42 Å². The molecule has 1 aromatic rings. The molecule has 0 spiro atoms. The first-order chi connectivity index (χ1) is 9.46. The molecule has 0 saturated carbocycles. The molecule has 1 aliphatic heterocycles. The minimum absolute atomic E-state index is 0.202. The van der Waals surface area contributed by atoms with Crippen molar-refractivity contribution in [2.75, 3.05) is 18.1 Å². The summed E-state index contributed by atoms with van der Waals surface area (Å²) >= 11 is 0. The summed E-state index contributed by atoms with van der Waals surface area (Å²) < 4.78 is 29.0. The average Bonchev–Trinajstić information content (AvgIpc) is 2.76. The topological polar surface area (TPSA) is 43.4 Å². The highest BCUT2D eigenvalue weighted by atomic mass is 32.2. The Morgan fingerprint density at radius 2 is 2.05 bits per heavy atom. The SMILES string of the molecule is CCC1(CO/C=C(/C)c2ccccc2)CCS(=O)(=O)C1. The molecule has 20 heavy (non-hydrogen) atoms. The van der Waals surface area contributed by atoms with Crippen LogP contribution in [0, 0.1) is 5.41 Å². The van der Waals surface area contributed by atoms with Gasteiger partial charge in [0.05, 0.1) is 24.4 Å². The van der Waals surface area contributed by atoms with Crippen LogP contribution in [0.2, 0.25) is 0 Å². The minimum atomic E-state index is -2.87. The molecule has 0 bridgehead atoms. The Labute approximate surface area is 121 Å². The molecule has 1 heterocycles. The van der Waals surface area contributed by atoms with E-state index >= 15 is 0 Å². The highest BCUT2D eigenvalue weighted by molar-refractivity contribution is 7.91. The molecule has 110 valence electrons. The molecule has 0 aliphatic carbocycles. The molecule has 1 fully saturated rings. The fourth-order valence-electron chi connectivity index (χ4n) is 2.59. The van der Waals surface area contributed by atoms with Gasteiger partial charge in [0, 0.05) is 5.41 Å². The van der Waals surface area contributed by atoms with Crippen LogP contribution in [0.3, 0.4) is 0 Å². The fourth-order valence-corrected chi connectivity index (χ4v) is 4.84. The Hall–Kier alpha value is -1.29. The largest absolute Gasteiger partial charge is 0.500 e. The number of ether oxygens (including phenoxy) is 1. The number of rotatable bonds is 5. The third kappa shape index (κ3) is 3.63. The zero-order valence-electron chi connectivity index (χ0n) is 12.1. The lowest BCUT2D eigenvalue weighted by molar-refractivity contribution is 0.125. The summed E-state index contributed by atoms with van der Waals surface area (Å²) in [5.74, 6) is 0.556. The van der Waals surface area contributed by atoms with Gasteiger partial charge in [-0.2, -0.15) is 0 Å². The molecular weight excluding hydrogens is 272 g/mol. The zero-order chi connectivity index (χ0) is 14.6. The van der Waals surface area contributed by atoms with Crippen LogP contribution in [0.1, 0.15) is 32.3 Å². The standard InChI is InChI=1S/C16H22O3S/c1-3-16(9-10-20(17,18)13-16)12-19-11-14(2)15-7-5-4-6-8-15/h4-8,11H,3,9-10,12-13H2,1-2H3/b14-11-. The van der Waals surface area contributed by atoms with Crippen molar-refractivity contribution < 1.29 is 13.2 Å². The average molecular weight is 294 g/mol. The quantitative estimate of drug-likeness (QED) is 0.783. The van der Waals surface area contributed by atoms with E-state index in [-0.39, 0.29) is 11.2 Å². The van der Waals surface area contributed by atoms with Gasteiger partial charge >= 0.3 is 0 Å². The summed E-state index contributed by atoms with van der Waals surface area (Å²) in [7, 11) is -2.87. The second-order valence-electron chi connectivity index (χ2n) is 5.67. The molecule has 0 amide bonds. The Balaban J connectivity index is 1.98. The van der Waals surface area contributed by atoms with Crippen LogP contribution in [0.5, 0.6) is 0 Å². The Bertz CT molecular complexity index is 575. The van der Waals surface area contributed by atoms with Gasteiger partial charge in [-0.25, -0.2) is 8.42 Å². The maximum absolute atomic E-state index is 11.7. The van der Waals surface area contributed by atoms with Crippen molar-refractivity contribution in [3.63, 3.8) is 0 Å². The number of allylic oxidation sites excluding steroid dienone is 1. The first-order valence-electron chi connectivity index (χ1n) is 7.01. The van der Waals surface area contributed by atoms with Crippen LogP contribution in [0.4, 0.5) is 0 Å². The first kappa shape index (κ1) is 15.1.